The predicted molar refractivity (Wildman–Crippen MR) is 96.8 cm³/mol. The first-order chi connectivity index (χ1) is 12.3. The summed E-state index contributed by atoms with van der Waals surface area (Å²) in [4.78, 5) is 19.2. The fraction of sp³-hybridized carbons (Fsp3) is 0.550. The number of carbonyl (C=O) groups is 1. The summed E-state index contributed by atoms with van der Waals surface area (Å²) in [6.07, 6.45) is 8.14. The zero-order valence-corrected chi connectivity index (χ0v) is 15.0. The average molecular weight is 341 g/mol. The van der Waals surface area contributed by atoms with Crippen LogP contribution in [0.4, 0.5) is 0 Å². The second kappa shape index (κ2) is 8.79. The van der Waals surface area contributed by atoms with Crippen molar-refractivity contribution < 1.29 is 9.32 Å². The molecule has 1 fully saturated rings. The van der Waals surface area contributed by atoms with Gasteiger partial charge in [-0.15, -0.1) is 0 Å². The van der Waals surface area contributed by atoms with Crippen LogP contribution in [0.15, 0.2) is 34.9 Å². The first kappa shape index (κ1) is 17.6. The Morgan fingerprint density at radius 3 is 2.84 bits per heavy atom. The van der Waals surface area contributed by atoms with E-state index in [1.54, 1.807) is 0 Å². The number of rotatable bonds is 7. The molecule has 0 N–H and O–H groups in total. The molecule has 1 aromatic heterocycles. The van der Waals surface area contributed by atoms with Crippen molar-refractivity contribution in [3.8, 4) is 11.4 Å². The summed E-state index contributed by atoms with van der Waals surface area (Å²) in [6.45, 7) is 2.97. The number of amides is 1. The highest BCUT2D eigenvalue weighted by Crippen LogP contribution is 2.31. The maximum absolute atomic E-state index is 12.7. The molecule has 5 heteroatoms. The molecule has 3 rings (SSSR count). The van der Waals surface area contributed by atoms with Gasteiger partial charge in [0, 0.05) is 18.5 Å². The van der Waals surface area contributed by atoms with E-state index in [4.69, 9.17) is 4.52 Å². The Morgan fingerprint density at radius 1 is 1.20 bits per heavy atom. The first-order valence-electron chi connectivity index (χ1n) is 9.48. The minimum Gasteiger partial charge on any atom is -0.337 e. The summed E-state index contributed by atoms with van der Waals surface area (Å²) >= 11 is 0. The van der Waals surface area contributed by atoms with Crippen LogP contribution in [0.25, 0.3) is 11.4 Å². The molecule has 0 saturated carbocycles. The third kappa shape index (κ3) is 4.47. The van der Waals surface area contributed by atoms with E-state index < -0.39 is 0 Å². The fourth-order valence-electron chi connectivity index (χ4n) is 3.41. The van der Waals surface area contributed by atoms with Crippen molar-refractivity contribution in [3.05, 3.63) is 36.2 Å². The molecule has 5 nitrogen and oxygen atoms in total. The normalized spacial score (nSPS) is 17.6. The van der Waals surface area contributed by atoms with Crippen LogP contribution in [0.5, 0.6) is 0 Å². The van der Waals surface area contributed by atoms with E-state index in [-0.39, 0.29) is 11.9 Å². The first-order valence-corrected chi connectivity index (χ1v) is 9.48. The number of hydrogen-bond donors (Lipinski definition) is 0. The molecule has 1 aliphatic heterocycles. The van der Waals surface area contributed by atoms with E-state index in [0.29, 0.717) is 18.1 Å². The lowest BCUT2D eigenvalue weighted by molar-refractivity contribution is -0.135. The third-order valence-corrected chi connectivity index (χ3v) is 4.83. The van der Waals surface area contributed by atoms with Gasteiger partial charge in [-0.05, 0) is 25.7 Å². The Kier molecular flexibility index (Phi) is 6.20. The second-order valence-corrected chi connectivity index (χ2v) is 6.73. The third-order valence-electron chi connectivity index (χ3n) is 4.83. The lowest BCUT2D eigenvalue weighted by Crippen LogP contribution is -2.38. The van der Waals surface area contributed by atoms with Gasteiger partial charge in [0.2, 0.25) is 17.6 Å². The monoisotopic (exact) mass is 341 g/mol. The zero-order chi connectivity index (χ0) is 17.5. The maximum atomic E-state index is 12.7. The number of unbranched alkanes of at least 4 members (excludes halogenated alkanes) is 3. The van der Waals surface area contributed by atoms with Gasteiger partial charge < -0.3 is 9.42 Å². The van der Waals surface area contributed by atoms with Crippen molar-refractivity contribution in [1.29, 1.82) is 0 Å². The summed E-state index contributed by atoms with van der Waals surface area (Å²) in [5, 5.41) is 4.12. The van der Waals surface area contributed by atoms with Crippen LogP contribution in [0.2, 0.25) is 0 Å². The van der Waals surface area contributed by atoms with E-state index in [1.807, 2.05) is 35.2 Å². The largest absolute Gasteiger partial charge is 0.337 e. The molecule has 0 bridgehead atoms. The van der Waals surface area contributed by atoms with Crippen LogP contribution in [0.3, 0.4) is 0 Å². The summed E-state index contributed by atoms with van der Waals surface area (Å²) in [6, 6.07) is 9.73. The molecule has 2 aromatic rings. The molecule has 2 heterocycles. The molecule has 134 valence electrons. The van der Waals surface area contributed by atoms with Crippen molar-refractivity contribution in [2.24, 2.45) is 0 Å². The molecule has 0 aliphatic carbocycles. The van der Waals surface area contributed by atoms with Crippen LogP contribution < -0.4 is 0 Å². The fourth-order valence-corrected chi connectivity index (χ4v) is 3.41. The molecule has 1 amide bonds. The zero-order valence-electron chi connectivity index (χ0n) is 15.0. The smallest absolute Gasteiger partial charge is 0.249 e. The number of piperidine rings is 1. The van der Waals surface area contributed by atoms with Crippen molar-refractivity contribution in [2.45, 2.75) is 64.3 Å². The van der Waals surface area contributed by atoms with Crippen molar-refractivity contribution in [3.63, 3.8) is 0 Å². The van der Waals surface area contributed by atoms with Gasteiger partial charge in [0.1, 0.15) is 6.04 Å². The Morgan fingerprint density at radius 2 is 2.04 bits per heavy atom. The summed E-state index contributed by atoms with van der Waals surface area (Å²) in [5.41, 5.74) is 0.936. The van der Waals surface area contributed by atoms with Gasteiger partial charge >= 0.3 is 0 Å². The van der Waals surface area contributed by atoms with Crippen LogP contribution in [-0.2, 0) is 4.79 Å². The number of benzene rings is 1. The molecule has 1 aromatic carbocycles. The van der Waals surface area contributed by atoms with Gasteiger partial charge in [-0.25, -0.2) is 0 Å². The maximum Gasteiger partial charge on any atom is 0.249 e. The minimum absolute atomic E-state index is 0.0719. The molecule has 0 spiro atoms. The standard InChI is InChI=1S/C20H27N3O2/c1-2-3-4-8-14-18(24)23-15-10-9-13-17(23)20-21-19(22-25-20)16-11-6-5-7-12-16/h5-7,11-12,17H,2-4,8-10,13-15H2,1H3. The summed E-state index contributed by atoms with van der Waals surface area (Å²) in [7, 11) is 0. The van der Waals surface area contributed by atoms with Crippen LogP contribution >= 0.6 is 0 Å². The Bertz CT molecular complexity index is 669. The van der Waals surface area contributed by atoms with Crippen molar-refractivity contribution in [1.82, 2.24) is 15.0 Å². The Balaban J connectivity index is 1.68. The van der Waals surface area contributed by atoms with E-state index in [9.17, 15) is 4.79 Å². The highest BCUT2D eigenvalue weighted by atomic mass is 16.5. The lowest BCUT2D eigenvalue weighted by Gasteiger charge is -2.33. The second-order valence-electron chi connectivity index (χ2n) is 6.73. The molecule has 1 unspecified atom stereocenters. The number of nitrogens with zero attached hydrogens (tertiary/aromatic N) is 3. The molecular weight excluding hydrogens is 314 g/mol. The van der Waals surface area contributed by atoms with Gasteiger partial charge in [0.15, 0.2) is 0 Å². The number of carbonyl (C=O) groups excluding carboxylic acids is 1. The predicted octanol–water partition coefficient (Wildman–Crippen LogP) is 4.76. The quantitative estimate of drug-likeness (QED) is 0.681. The summed E-state index contributed by atoms with van der Waals surface area (Å²) in [5.74, 6) is 1.39. The minimum atomic E-state index is -0.0719. The highest BCUT2D eigenvalue weighted by molar-refractivity contribution is 5.76. The number of aromatic nitrogens is 2. The van der Waals surface area contributed by atoms with Gasteiger partial charge in [-0.3, -0.25) is 4.79 Å². The number of likely N-dealkylation sites (tertiary alicyclic amines) is 1. The van der Waals surface area contributed by atoms with E-state index in [0.717, 1.165) is 44.2 Å². The lowest BCUT2D eigenvalue weighted by atomic mass is 10.0. The van der Waals surface area contributed by atoms with Crippen LogP contribution in [0.1, 0.15) is 70.2 Å². The van der Waals surface area contributed by atoms with Gasteiger partial charge in [0.25, 0.3) is 0 Å². The Hall–Kier alpha value is -2.17. The topological polar surface area (TPSA) is 59.2 Å². The Labute approximate surface area is 149 Å². The van der Waals surface area contributed by atoms with Crippen molar-refractivity contribution >= 4 is 5.91 Å². The summed E-state index contributed by atoms with van der Waals surface area (Å²) < 4.78 is 5.53. The number of hydrogen-bond acceptors (Lipinski definition) is 4. The van der Waals surface area contributed by atoms with Crippen LogP contribution in [-0.4, -0.2) is 27.5 Å². The SMILES string of the molecule is CCCCCCC(=O)N1CCCCC1c1nc(-c2ccccc2)no1. The van der Waals surface area contributed by atoms with Gasteiger partial charge in [0.05, 0.1) is 0 Å². The van der Waals surface area contributed by atoms with E-state index in [1.165, 1.54) is 12.8 Å². The molecule has 0 radical (unpaired) electrons. The molecule has 1 atom stereocenters. The average Bonchev–Trinajstić information content (AvgIpc) is 3.16. The van der Waals surface area contributed by atoms with E-state index >= 15 is 0 Å². The molecule has 1 aliphatic rings. The highest BCUT2D eigenvalue weighted by Gasteiger charge is 2.31. The van der Waals surface area contributed by atoms with Gasteiger partial charge in [-0.1, -0.05) is 61.7 Å². The van der Waals surface area contributed by atoms with E-state index in [2.05, 4.69) is 17.1 Å². The van der Waals surface area contributed by atoms with Gasteiger partial charge in [-0.2, -0.15) is 4.98 Å². The molecule has 1 saturated heterocycles. The molecular formula is C20H27N3O2. The molecule has 25 heavy (non-hydrogen) atoms. The van der Waals surface area contributed by atoms with Crippen molar-refractivity contribution in [2.75, 3.05) is 6.54 Å². The van der Waals surface area contributed by atoms with Crippen LogP contribution in [0, 0.1) is 0 Å².